The number of benzene rings is 1. The summed E-state index contributed by atoms with van der Waals surface area (Å²) in [4.78, 5) is 15.6. The molecule has 0 unspecified atom stereocenters. The summed E-state index contributed by atoms with van der Waals surface area (Å²) in [6, 6.07) is 12.7. The second-order valence-electron chi connectivity index (χ2n) is 5.95. The van der Waals surface area contributed by atoms with Gasteiger partial charge in [0.15, 0.2) is 0 Å². The molecular formula is C19H19N5O2. The van der Waals surface area contributed by atoms with E-state index in [1.54, 1.807) is 30.6 Å². The minimum absolute atomic E-state index is 0.204. The highest BCUT2D eigenvalue weighted by Gasteiger charge is 2.16. The van der Waals surface area contributed by atoms with E-state index in [2.05, 4.69) is 20.2 Å². The molecule has 3 heterocycles. The lowest BCUT2D eigenvalue weighted by Crippen LogP contribution is -2.37. The average Bonchev–Trinajstić information content (AvgIpc) is 2.69. The molecule has 0 amide bonds. The zero-order valence-corrected chi connectivity index (χ0v) is 14.2. The van der Waals surface area contributed by atoms with E-state index in [1.165, 1.54) is 0 Å². The molecule has 26 heavy (non-hydrogen) atoms. The van der Waals surface area contributed by atoms with Gasteiger partial charge in [-0.05, 0) is 24.3 Å². The van der Waals surface area contributed by atoms with Gasteiger partial charge in [-0.15, -0.1) is 0 Å². The molecule has 7 nitrogen and oxygen atoms in total. The van der Waals surface area contributed by atoms with Crippen molar-refractivity contribution in [3.05, 3.63) is 54.9 Å². The number of hydrogen-bond acceptors (Lipinski definition) is 7. The number of morpholine rings is 1. The number of ether oxygens (including phenoxy) is 1. The van der Waals surface area contributed by atoms with Gasteiger partial charge in [-0.25, -0.2) is 4.98 Å². The normalized spacial score (nSPS) is 14.2. The Kier molecular flexibility index (Phi) is 4.61. The maximum absolute atomic E-state index is 9.80. The molecule has 2 N–H and O–H groups in total. The Balaban J connectivity index is 1.73. The van der Waals surface area contributed by atoms with Crippen LogP contribution in [-0.2, 0) is 4.74 Å². The molecule has 3 aromatic rings. The number of rotatable bonds is 4. The molecule has 2 aromatic heterocycles. The van der Waals surface area contributed by atoms with Gasteiger partial charge in [-0.2, -0.15) is 4.98 Å². The first kappa shape index (κ1) is 16.3. The zero-order valence-electron chi connectivity index (χ0n) is 14.2. The molecule has 4 rings (SSSR count). The Bertz CT molecular complexity index is 882. The van der Waals surface area contributed by atoms with Crippen LogP contribution in [0.15, 0.2) is 54.9 Å². The van der Waals surface area contributed by atoms with Crippen molar-refractivity contribution in [2.45, 2.75) is 0 Å². The topological polar surface area (TPSA) is 83.4 Å². The van der Waals surface area contributed by atoms with Crippen LogP contribution in [0.1, 0.15) is 0 Å². The summed E-state index contributed by atoms with van der Waals surface area (Å²) < 4.78 is 5.42. The van der Waals surface area contributed by atoms with Crippen molar-refractivity contribution < 1.29 is 9.84 Å². The fourth-order valence-electron chi connectivity index (χ4n) is 2.80. The van der Waals surface area contributed by atoms with E-state index >= 15 is 0 Å². The number of pyridine rings is 1. The highest BCUT2D eigenvalue weighted by atomic mass is 16.5. The van der Waals surface area contributed by atoms with Crippen LogP contribution in [-0.4, -0.2) is 46.4 Å². The van der Waals surface area contributed by atoms with Gasteiger partial charge in [0.05, 0.1) is 30.8 Å². The summed E-state index contributed by atoms with van der Waals surface area (Å²) in [6.45, 7) is 2.81. The fourth-order valence-corrected chi connectivity index (χ4v) is 2.80. The summed E-state index contributed by atoms with van der Waals surface area (Å²) in [7, 11) is 0. The number of nitrogens with zero attached hydrogens (tertiary/aromatic N) is 4. The van der Waals surface area contributed by atoms with Crippen molar-refractivity contribution >= 4 is 17.5 Å². The van der Waals surface area contributed by atoms with Gasteiger partial charge in [0, 0.05) is 30.9 Å². The number of aromatic hydroxyl groups is 1. The summed E-state index contributed by atoms with van der Waals surface area (Å²) >= 11 is 0. The van der Waals surface area contributed by atoms with Crippen LogP contribution in [0.4, 0.5) is 17.5 Å². The third kappa shape index (κ3) is 3.73. The monoisotopic (exact) mass is 349 g/mol. The van der Waals surface area contributed by atoms with Crippen molar-refractivity contribution in [1.29, 1.82) is 0 Å². The Morgan fingerprint density at radius 1 is 1.04 bits per heavy atom. The van der Waals surface area contributed by atoms with Gasteiger partial charge < -0.3 is 20.1 Å². The van der Waals surface area contributed by atoms with Gasteiger partial charge in [0.1, 0.15) is 11.6 Å². The van der Waals surface area contributed by atoms with Crippen LogP contribution in [0, 0.1) is 0 Å². The number of aromatic nitrogens is 3. The summed E-state index contributed by atoms with van der Waals surface area (Å²) in [6.07, 6.45) is 3.47. The van der Waals surface area contributed by atoms with Crippen LogP contribution in [0.2, 0.25) is 0 Å². The van der Waals surface area contributed by atoms with Crippen LogP contribution < -0.4 is 10.2 Å². The maximum atomic E-state index is 9.80. The molecule has 1 aromatic carbocycles. The van der Waals surface area contributed by atoms with Crippen molar-refractivity contribution in [2.75, 3.05) is 36.5 Å². The number of phenols is 1. The van der Waals surface area contributed by atoms with E-state index in [0.29, 0.717) is 25.0 Å². The first-order valence-corrected chi connectivity index (χ1v) is 8.46. The third-order valence-corrected chi connectivity index (χ3v) is 4.08. The van der Waals surface area contributed by atoms with Gasteiger partial charge in [0.25, 0.3) is 0 Å². The molecular weight excluding hydrogens is 330 g/mol. The minimum atomic E-state index is 0.204. The second kappa shape index (κ2) is 7.37. The lowest BCUT2D eigenvalue weighted by Gasteiger charge is -2.27. The van der Waals surface area contributed by atoms with Gasteiger partial charge >= 0.3 is 0 Å². The molecule has 0 radical (unpaired) electrons. The van der Waals surface area contributed by atoms with Gasteiger partial charge in [0.2, 0.25) is 5.95 Å². The molecule has 0 atom stereocenters. The minimum Gasteiger partial charge on any atom is -0.508 e. The van der Waals surface area contributed by atoms with Crippen LogP contribution in [0.5, 0.6) is 5.75 Å². The predicted octanol–water partition coefficient (Wildman–Crippen LogP) is 2.82. The molecule has 0 aliphatic carbocycles. The van der Waals surface area contributed by atoms with Crippen molar-refractivity contribution in [1.82, 2.24) is 15.0 Å². The van der Waals surface area contributed by atoms with Crippen molar-refractivity contribution in [2.24, 2.45) is 0 Å². The van der Waals surface area contributed by atoms with Crippen LogP contribution in [0.25, 0.3) is 11.3 Å². The lowest BCUT2D eigenvalue weighted by atomic mass is 10.1. The highest BCUT2D eigenvalue weighted by molar-refractivity contribution is 5.68. The predicted molar refractivity (Wildman–Crippen MR) is 99.7 cm³/mol. The number of phenolic OH excluding ortho intramolecular Hbond substituents is 1. The maximum Gasteiger partial charge on any atom is 0.228 e. The molecule has 132 valence electrons. The molecule has 0 spiro atoms. The second-order valence-corrected chi connectivity index (χ2v) is 5.95. The zero-order chi connectivity index (χ0) is 17.8. The smallest absolute Gasteiger partial charge is 0.228 e. The molecule has 7 heteroatoms. The molecule has 1 saturated heterocycles. The summed E-state index contributed by atoms with van der Waals surface area (Å²) in [5.74, 6) is 1.52. The third-order valence-electron chi connectivity index (χ3n) is 4.08. The number of anilines is 3. The first-order chi connectivity index (χ1) is 12.8. The van der Waals surface area contributed by atoms with Crippen LogP contribution in [0.3, 0.4) is 0 Å². The lowest BCUT2D eigenvalue weighted by molar-refractivity contribution is 0.122. The Labute approximate surface area is 151 Å². The molecule has 0 bridgehead atoms. The van der Waals surface area contributed by atoms with Crippen LogP contribution >= 0.6 is 0 Å². The SMILES string of the molecule is Oc1cccc(-c2cc(Nc3cccnc3)nc(N3CCOCC3)n2)c1. The fraction of sp³-hybridized carbons (Fsp3) is 0.211. The summed E-state index contributed by atoms with van der Waals surface area (Å²) in [5.41, 5.74) is 2.42. The van der Waals surface area contributed by atoms with E-state index in [1.807, 2.05) is 24.3 Å². The Hall–Kier alpha value is -3.19. The van der Waals surface area contributed by atoms with Crippen molar-refractivity contribution in [3.63, 3.8) is 0 Å². The Morgan fingerprint density at radius 3 is 2.69 bits per heavy atom. The van der Waals surface area contributed by atoms with Gasteiger partial charge in [-0.1, -0.05) is 12.1 Å². The van der Waals surface area contributed by atoms with E-state index < -0.39 is 0 Å². The summed E-state index contributed by atoms with van der Waals surface area (Å²) in [5, 5.41) is 13.1. The van der Waals surface area contributed by atoms with E-state index in [0.717, 1.165) is 30.0 Å². The molecule has 1 aliphatic heterocycles. The van der Waals surface area contributed by atoms with Crippen molar-refractivity contribution in [3.8, 4) is 17.0 Å². The standard InChI is InChI=1S/C19H19N5O2/c25-16-5-1-3-14(11-16)17-12-18(21-15-4-2-6-20-13-15)23-19(22-17)24-7-9-26-10-8-24/h1-6,11-13,25H,7-10H2,(H,21,22,23). The number of nitrogens with one attached hydrogen (secondary N) is 1. The van der Waals surface area contributed by atoms with Gasteiger partial charge in [-0.3, -0.25) is 4.98 Å². The first-order valence-electron chi connectivity index (χ1n) is 8.46. The average molecular weight is 349 g/mol. The van der Waals surface area contributed by atoms with E-state index in [-0.39, 0.29) is 5.75 Å². The highest BCUT2D eigenvalue weighted by Crippen LogP contribution is 2.27. The largest absolute Gasteiger partial charge is 0.508 e. The number of hydrogen-bond donors (Lipinski definition) is 2. The quantitative estimate of drug-likeness (QED) is 0.749. The Morgan fingerprint density at radius 2 is 1.92 bits per heavy atom. The molecule has 1 fully saturated rings. The van der Waals surface area contributed by atoms with E-state index in [9.17, 15) is 5.11 Å². The van der Waals surface area contributed by atoms with E-state index in [4.69, 9.17) is 9.72 Å². The molecule has 0 saturated carbocycles. The molecule has 1 aliphatic rings.